The molecule has 0 radical (unpaired) electrons. The Balaban J connectivity index is 1.56. The highest BCUT2D eigenvalue weighted by molar-refractivity contribution is 6.05. The molecule has 5 heteroatoms. The van der Waals surface area contributed by atoms with E-state index in [-0.39, 0.29) is 17.8 Å². The molecule has 1 unspecified atom stereocenters. The number of hydrogen-bond donors (Lipinski definition) is 0. The van der Waals surface area contributed by atoms with Crippen LogP contribution in [0.15, 0.2) is 115 Å². The Bertz CT molecular complexity index is 1420. The minimum absolute atomic E-state index is 0.0131. The molecule has 5 rings (SSSR count). The van der Waals surface area contributed by atoms with Gasteiger partial charge in [-0.05, 0) is 46.7 Å². The zero-order valence-electron chi connectivity index (χ0n) is 24.1. The monoisotopic (exact) mass is 546 g/mol. The second-order valence-corrected chi connectivity index (χ2v) is 11.9. The predicted octanol–water partition coefficient (Wildman–Crippen LogP) is 8.14. The van der Waals surface area contributed by atoms with Crippen molar-refractivity contribution in [3.05, 3.63) is 132 Å². The summed E-state index contributed by atoms with van der Waals surface area (Å²) in [5.41, 5.74) is 3.49. The number of ether oxygens (including phenoxy) is 1. The van der Waals surface area contributed by atoms with Crippen molar-refractivity contribution >= 4 is 23.3 Å². The first-order valence-electron chi connectivity index (χ1n) is 14.2. The van der Waals surface area contributed by atoms with Crippen LogP contribution in [0, 0.1) is 5.41 Å². The normalized spacial score (nSPS) is 16.9. The van der Waals surface area contributed by atoms with Crippen LogP contribution in [0.2, 0.25) is 0 Å². The van der Waals surface area contributed by atoms with Crippen molar-refractivity contribution in [1.29, 1.82) is 0 Å². The van der Waals surface area contributed by atoms with E-state index in [0.717, 1.165) is 11.3 Å². The van der Waals surface area contributed by atoms with Crippen molar-refractivity contribution in [3.63, 3.8) is 0 Å². The Morgan fingerprint density at radius 2 is 1.37 bits per heavy atom. The molecule has 210 valence electrons. The Labute approximate surface area is 243 Å². The van der Waals surface area contributed by atoms with Crippen LogP contribution >= 0.6 is 0 Å². The molecule has 0 bridgehead atoms. The van der Waals surface area contributed by atoms with E-state index in [1.807, 2.05) is 84.9 Å². The molecule has 0 aromatic heterocycles. The van der Waals surface area contributed by atoms with Crippen LogP contribution in [0.3, 0.4) is 0 Å². The van der Waals surface area contributed by atoms with Crippen LogP contribution < -0.4 is 9.80 Å². The first kappa shape index (κ1) is 28.2. The van der Waals surface area contributed by atoms with E-state index in [2.05, 4.69) is 56.0 Å². The molecule has 41 heavy (non-hydrogen) atoms. The van der Waals surface area contributed by atoms with E-state index in [1.165, 1.54) is 11.1 Å². The van der Waals surface area contributed by atoms with Gasteiger partial charge >= 0.3 is 6.09 Å². The van der Waals surface area contributed by atoms with E-state index < -0.39 is 11.6 Å². The molecule has 1 aliphatic rings. The number of rotatable bonds is 10. The lowest BCUT2D eigenvalue weighted by Crippen LogP contribution is -2.51. The molecule has 1 saturated heterocycles. The summed E-state index contributed by atoms with van der Waals surface area (Å²) >= 11 is 0. The quantitative estimate of drug-likeness (QED) is 0.201. The smallest absolute Gasteiger partial charge is 0.415 e. The van der Waals surface area contributed by atoms with E-state index >= 15 is 0 Å². The van der Waals surface area contributed by atoms with Gasteiger partial charge in [-0.3, -0.25) is 9.69 Å². The molecule has 1 atom stereocenters. The van der Waals surface area contributed by atoms with Gasteiger partial charge in [0.15, 0.2) is 11.3 Å². The van der Waals surface area contributed by atoms with Crippen LogP contribution in [0.1, 0.15) is 50.3 Å². The van der Waals surface area contributed by atoms with Gasteiger partial charge in [0.05, 0.1) is 5.69 Å². The zero-order chi connectivity index (χ0) is 28.9. The number of carbonyl (C=O) groups excluding carboxylic acids is 2. The average Bonchev–Trinajstić information content (AvgIpc) is 3.34. The highest BCUT2D eigenvalue weighted by Gasteiger charge is 2.54. The van der Waals surface area contributed by atoms with Gasteiger partial charge in [0, 0.05) is 25.2 Å². The maximum absolute atomic E-state index is 14.2. The highest BCUT2D eigenvalue weighted by Crippen LogP contribution is 2.42. The third-order valence-corrected chi connectivity index (χ3v) is 7.67. The summed E-state index contributed by atoms with van der Waals surface area (Å²) in [6.45, 7) is 7.75. The van der Waals surface area contributed by atoms with Gasteiger partial charge in [0.25, 0.3) is 0 Å². The van der Waals surface area contributed by atoms with Gasteiger partial charge in [-0.2, -0.15) is 0 Å². The molecule has 5 nitrogen and oxygen atoms in total. The van der Waals surface area contributed by atoms with Crippen molar-refractivity contribution in [2.75, 3.05) is 16.4 Å². The molecule has 1 heterocycles. The van der Waals surface area contributed by atoms with Crippen molar-refractivity contribution in [1.82, 2.24) is 0 Å². The molecule has 4 aromatic rings. The predicted molar refractivity (Wildman–Crippen MR) is 165 cm³/mol. The maximum atomic E-state index is 14.2. The van der Waals surface area contributed by atoms with Gasteiger partial charge < -0.3 is 9.64 Å². The third kappa shape index (κ3) is 6.35. The molecule has 1 amide bonds. The largest absolute Gasteiger partial charge is 0.446 e. The summed E-state index contributed by atoms with van der Waals surface area (Å²) < 4.78 is 5.69. The first-order chi connectivity index (χ1) is 19.8. The second-order valence-electron chi connectivity index (χ2n) is 11.9. The molecule has 4 aromatic carbocycles. The van der Waals surface area contributed by atoms with Crippen LogP contribution in [0.4, 0.5) is 16.2 Å². The second kappa shape index (κ2) is 12.0. The molecule has 0 N–H and O–H groups in total. The lowest BCUT2D eigenvalue weighted by atomic mass is 9.80. The Hall–Kier alpha value is -4.38. The van der Waals surface area contributed by atoms with Crippen LogP contribution in [0.5, 0.6) is 0 Å². The molecule has 0 aliphatic carbocycles. The fourth-order valence-electron chi connectivity index (χ4n) is 5.44. The fourth-order valence-corrected chi connectivity index (χ4v) is 5.44. The summed E-state index contributed by atoms with van der Waals surface area (Å²) in [7, 11) is 0. The zero-order valence-corrected chi connectivity index (χ0v) is 24.1. The minimum Gasteiger partial charge on any atom is -0.446 e. The van der Waals surface area contributed by atoms with Gasteiger partial charge in [-0.1, -0.05) is 118 Å². The molecule has 1 aliphatic heterocycles. The Kier molecular flexibility index (Phi) is 8.25. The molecular weight excluding hydrogens is 508 g/mol. The first-order valence-corrected chi connectivity index (χ1v) is 14.2. The Morgan fingerprint density at radius 1 is 0.805 bits per heavy atom. The summed E-state index contributed by atoms with van der Waals surface area (Å²) in [6, 6.07) is 38.2. The highest BCUT2D eigenvalue weighted by atomic mass is 16.6. The number of amides is 1. The number of carbonyl (C=O) groups is 2. The minimum atomic E-state index is -1.23. The number of anilines is 2. The van der Waals surface area contributed by atoms with Crippen LogP contribution in [0.25, 0.3) is 0 Å². The van der Waals surface area contributed by atoms with Crippen molar-refractivity contribution in [2.45, 2.75) is 52.2 Å². The molecule has 0 saturated carbocycles. The lowest BCUT2D eigenvalue weighted by Gasteiger charge is -2.36. The topological polar surface area (TPSA) is 49.9 Å². The van der Waals surface area contributed by atoms with E-state index in [9.17, 15) is 9.59 Å². The SMILES string of the molecule is CC(C)(C)CCC(=O)C1(c2ccccc2)COC(=O)N1c1cccc(N(Cc2ccccc2)Cc2ccccc2)c1. The molecule has 0 spiro atoms. The number of benzene rings is 4. The standard InChI is InChI=1S/C36H38N2O3/c1-35(2,3)23-22-33(39)36(30-18-11-6-12-19-30)27-41-34(40)38(36)32-21-13-20-31(24-32)37(25-28-14-7-4-8-15-28)26-29-16-9-5-10-17-29/h4-21,24H,22-23,25-27H2,1-3H3. The number of hydrogen-bond acceptors (Lipinski definition) is 4. The number of Topliss-reactive ketones (excluding diaryl/α,β-unsaturated/α-hetero) is 1. The average molecular weight is 547 g/mol. The number of nitrogens with zero attached hydrogens (tertiary/aromatic N) is 2. The van der Waals surface area contributed by atoms with Crippen molar-refractivity contribution in [2.24, 2.45) is 5.41 Å². The Morgan fingerprint density at radius 3 is 1.93 bits per heavy atom. The summed E-state index contributed by atoms with van der Waals surface area (Å²) in [4.78, 5) is 31.5. The van der Waals surface area contributed by atoms with Gasteiger partial charge in [0.1, 0.15) is 6.61 Å². The number of cyclic esters (lactones) is 1. The number of ketones is 1. The lowest BCUT2D eigenvalue weighted by molar-refractivity contribution is -0.125. The van der Waals surface area contributed by atoms with Crippen LogP contribution in [-0.2, 0) is 28.2 Å². The van der Waals surface area contributed by atoms with Gasteiger partial charge in [0.2, 0.25) is 0 Å². The van der Waals surface area contributed by atoms with Crippen LogP contribution in [-0.4, -0.2) is 18.5 Å². The molecule has 1 fully saturated rings. The fraction of sp³-hybridized carbons (Fsp3) is 0.278. The summed E-state index contributed by atoms with van der Waals surface area (Å²) in [6.07, 6.45) is 0.553. The van der Waals surface area contributed by atoms with Gasteiger partial charge in [-0.25, -0.2) is 4.79 Å². The van der Waals surface area contributed by atoms with Crippen molar-refractivity contribution in [3.8, 4) is 0 Å². The van der Waals surface area contributed by atoms with E-state index in [0.29, 0.717) is 31.6 Å². The summed E-state index contributed by atoms with van der Waals surface area (Å²) in [5, 5.41) is 0. The maximum Gasteiger partial charge on any atom is 0.415 e. The van der Waals surface area contributed by atoms with Crippen molar-refractivity contribution < 1.29 is 14.3 Å². The summed E-state index contributed by atoms with van der Waals surface area (Å²) in [5.74, 6) is -0.0136. The van der Waals surface area contributed by atoms with E-state index in [1.54, 1.807) is 4.90 Å². The van der Waals surface area contributed by atoms with Gasteiger partial charge in [-0.15, -0.1) is 0 Å². The third-order valence-electron chi connectivity index (χ3n) is 7.67. The molecular formula is C36H38N2O3. The van der Waals surface area contributed by atoms with E-state index in [4.69, 9.17) is 4.74 Å².